The summed E-state index contributed by atoms with van der Waals surface area (Å²) in [4.78, 5) is 5.32. The smallest absolute Gasteiger partial charge is 0.0369 e. The molecule has 0 bridgehead atoms. The average molecular weight is 412 g/mol. The fourth-order valence-electron chi connectivity index (χ4n) is 4.06. The van der Waals surface area contributed by atoms with E-state index in [0.717, 1.165) is 11.8 Å². The number of halogens is 1. The molecule has 2 heterocycles. The predicted octanol–water partition coefficient (Wildman–Crippen LogP) is 4.63. The van der Waals surface area contributed by atoms with Crippen molar-refractivity contribution in [3.05, 3.63) is 27.8 Å². The fraction of sp³-hybridized carbons (Fsp3) is 0.684. The Kier molecular flexibility index (Phi) is 5.66. The van der Waals surface area contributed by atoms with Gasteiger partial charge in [-0.2, -0.15) is 0 Å². The van der Waals surface area contributed by atoms with Crippen molar-refractivity contribution in [1.29, 1.82) is 0 Å². The molecule has 2 aliphatic heterocycles. The Morgan fingerprint density at radius 1 is 1.00 bits per heavy atom. The molecule has 2 unspecified atom stereocenters. The van der Waals surface area contributed by atoms with Crippen LogP contribution in [0.3, 0.4) is 0 Å². The highest BCUT2D eigenvalue weighted by molar-refractivity contribution is 14.1. The van der Waals surface area contributed by atoms with Crippen molar-refractivity contribution in [1.82, 2.24) is 4.90 Å². The lowest BCUT2D eigenvalue weighted by Crippen LogP contribution is -2.45. The summed E-state index contributed by atoms with van der Waals surface area (Å²) in [5.74, 6) is 1.83. The van der Waals surface area contributed by atoms with Crippen molar-refractivity contribution in [2.45, 2.75) is 45.6 Å². The van der Waals surface area contributed by atoms with Crippen molar-refractivity contribution >= 4 is 28.3 Å². The number of hydrogen-bond donors (Lipinski definition) is 0. The van der Waals surface area contributed by atoms with Crippen LogP contribution in [-0.4, -0.2) is 37.1 Å². The second-order valence-corrected chi connectivity index (χ2v) is 8.64. The molecule has 1 aromatic rings. The second kappa shape index (κ2) is 7.52. The fourth-order valence-corrected chi connectivity index (χ4v) is 4.42. The van der Waals surface area contributed by atoms with Crippen LogP contribution in [0.1, 0.15) is 39.5 Å². The van der Waals surface area contributed by atoms with Crippen LogP contribution in [0.5, 0.6) is 0 Å². The molecule has 1 aromatic carbocycles. The summed E-state index contributed by atoms with van der Waals surface area (Å²) in [5.41, 5.74) is 1.40. The molecule has 0 radical (unpaired) electrons. The van der Waals surface area contributed by atoms with Gasteiger partial charge < -0.3 is 9.80 Å². The summed E-state index contributed by atoms with van der Waals surface area (Å²) in [5, 5.41) is 0. The Hall–Kier alpha value is -0.290. The van der Waals surface area contributed by atoms with E-state index in [2.05, 4.69) is 70.5 Å². The monoisotopic (exact) mass is 412 g/mol. The number of likely N-dealkylation sites (tertiary alicyclic amines) is 1. The van der Waals surface area contributed by atoms with Crippen molar-refractivity contribution in [3.63, 3.8) is 0 Å². The van der Waals surface area contributed by atoms with Crippen LogP contribution in [0.25, 0.3) is 0 Å². The van der Waals surface area contributed by atoms with Crippen LogP contribution in [0, 0.1) is 15.4 Å². The first-order chi connectivity index (χ1) is 10.6. The Bertz CT molecular complexity index is 465. The zero-order valence-electron chi connectivity index (χ0n) is 14.0. The first-order valence-corrected chi connectivity index (χ1v) is 9.94. The zero-order valence-corrected chi connectivity index (χ0v) is 16.1. The van der Waals surface area contributed by atoms with Gasteiger partial charge >= 0.3 is 0 Å². The Labute approximate surface area is 149 Å². The van der Waals surface area contributed by atoms with E-state index in [0.29, 0.717) is 6.04 Å². The summed E-state index contributed by atoms with van der Waals surface area (Å²) in [6.07, 6.45) is 5.49. The van der Waals surface area contributed by atoms with E-state index in [4.69, 9.17) is 0 Å². The summed E-state index contributed by atoms with van der Waals surface area (Å²) >= 11 is 2.38. The highest BCUT2D eigenvalue weighted by Gasteiger charge is 2.27. The molecule has 0 N–H and O–H groups in total. The van der Waals surface area contributed by atoms with E-state index in [1.165, 1.54) is 61.1 Å². The molecule has 0 aromatic heterocycles. The van der Waals surface area contributed by atoms with Crippen LogP contribution in [-0.2, 0) is 0 Å². The quantitative estimate of drug-likeness (QED) is 0.669. The summed E-state index contributed by atoms with van der Waals surface area (Å²) in [6.45, 7) is 10.0. The third-order valence-corrected chi connectivity index (χ3v) is 6.25. The van der Waals surface area contributed by atoms with E-state index in [9.17, 15) is 0 Å². The van der Waals surface area contributed by atoms with Crippen molar-refractivity contribution in [2.75, 3.05) is 31.1 Å². The topological polar surface area (TPSA) is 6.48 Å². The summed E-state index contributed by atoms with van der Waals surface area (Å²) in [6, 6.07) is 9.69. The minimum Gasteiger partial charge on any atom is -0.369 e. The van der Waals surface area contributed by atoms with Gasteiger partial charge in [0.15, 0.2) is 0 Å². The SMILES string of the molecule is CC1CCN(CC2CCN(c3ccc(I)cc3)C(C)C2)CC1. The Morgan fingerprint density at radius 2 is 1.68 bits per heavy atom. The van der Waals surface area contributed by atoms with Crippen molar-refractivity contribution in [2.24, 2.45) is 11.8 Å². The lowest BCUT2D eigenvalue weighted by molar-refractivity contribution is 0.151. The molecule has 2 atom stereocenters. The van der Waals surface area contributed by atoms with Crippen molar-refractivity contribution in [3.8, 4) is 0 Å². The standard InChI is InChI=1S/C19H29IN2/c1-15-7-10-21(11-8-15)14-17-9-12-22(16(2)13-17)19-5-3-18(20)4-6-19/h3-6,15-17H,7-14H2,1-2H3. The summed E-state index contributed by atoms with van der Waals surface area (Å²) in [7, 11) is 0. The van der Waals surface area contributed by atoms with Crippen molar-refractivity contribution < 1.29 is 0 Å². The van der Waals surface area contributed by atoms with E-state index in [1.54, 1.807) is 0 Å². The molecule has 2 aliphatic rings. The number of rotatable bonds is 3. The Balaban J connectivity index is 1.52. The molecule has 2 saturated heterocycles. The molecule has 122 valence electrons. The van der Waals surface area contributed by atoms with Gasteiger partial charge in [-0.15, -0.1) is 0 Å². The predicted molar refractivity (Wildman–Crippen MR) is 104 cm³/mol. The molecule has 22 heavy (non-hydrogen) atoms. The van der Waals surface area contributed by atoms with Gasteiger partial charge in [-0.25, -0.2) is 0 Å². The van der Waals surface area contributed by atoms with Crippen LogP contribution < -0.4 is 4.90 Å². The number of piperidine rings is 2. The third kappa shape index (κ3) is 4.16. The molecule has 2 fully saturated rings. The van der Waals surface area contributed by atoms with Gasteiger partial charge in [0.1, 0.15) is 0 Å². The minimum absolute atomic E-state index is 0.669. The molecule has 2 nitrogen and oxygen atoms in total. The molecular weight excluding hydrogens is 383 g/mol. The van der Waals surface area contributed by atoms with Crippen LogP contribution in [0.15, 0.2) is 24.3 Å². The Morgan fingerprint density at radius 3 is 2.32 bits per heavy atom. The maximum atomic E-state index is 2.72. The van der Waals surface area contributed by atoms with E-state index in [1.807, 2.05) is 0 Å². The third-order valence-electron chi connectivity index (χ3n) is 5.54. The van der Waals surface area contributed by atoms with Gasteiger partial charge in [0.2, 0.25) is 0 Å². The summed E-state index contributed by atoms with van der Waals surface area (Å²) < 4.78 is 1.32. The number of nitrogens with zero attached hydrogens (tertiary/aromatic N) is 2. The molecule has 0 saturated carbocycles. The van der Waals surface area contributed by atoms with Crippen LogP contribution >= 0.6 is 22.6 Å². The minimum atomic E-state index is 0.669. The van der Waals surface area contributed by atoms with Gasteiger partial charge in [0, 0.05) is 28.4 Å². The van der Waals surface area contributed by atoms with Gasteiger partial charge in [-0.05, 0) is 104 Å². The largest absolute Gasteiger partial charge is 0.369 e. The van der Waals surface area contributed by atoms with Gasteiger partial charge in [-0.3, -0.25) is 0 Å². The number of hydrogen-bond acceptors (Lipinski definition) is 2. The molecule has 0 amide bonds. The van der Waals surface area contributed by atoms with Gasteiger partial charge in [0.25, 0.3) is 0 Å². The van der Waals surface area contributed by atoms with Crippen LogP contribution in [0.2, 0.25) is 0 Å². The maximum absolute atomic E-state index is 2.72. The zero-order chi connectivity index (χ0) is 15.5. The molecule has 0 spiro atoms. The second-order valence-electron chi connectivity index (χ2n) is 7.39. The molecule has 3 heteroatoms. The highest BCUT2D eigenvalue weighted by Crippen LogP contribution is 2.29. The first kappa shape index (κ1) is 16.6. The van der Waals surface area contributed by atoms with E-state index in [-0.39, 0.29) is 0 Å². The lowest BCUT2D eigenvalue weighted by Gasteiger charge is -2.41. The molecule has 3 rings (SSSR count). The number of benzene rings is 1. The lowest BCUT2D eigenvalue weighted by atomic mass is 9.89. The normalized spacial score (nSPS) is 28.0. The molecular formula is C19H29IN2. The molecule has 0 aliphatic carbocycles. The number of anilines is 1. The van der Waals surface area contributed by atoms with Gasteiger partial charge in [0.05, 0.1) is 0 Å². The van der Waals surface area contributed by atoms with Gasteiger partial charge in [-0.1, -0.05) is 6.92 Å². The average Bonchev–Trinajstić information content (AvgIpc) is 2.51. The van der Waals surface area contributed by atoms with E-state index >= 15 is 0 Å². The van der Waals surface area contributed by atoms with E-state index < -0.39 is 0 Å². The highest BCUT2D eigenvalue weighted by atomic mass is 127. The van der Waals surface area contributed by atoms with Crippen LogP contribution in [0.4, 0.5) is 5.69 Å². The first-order valence-electron chi connectivity index (χ1n) is 8.86. The maximum Gasteiger partial charge on any atom is 0.0369 e.